The van der Waals surface area contributed by atoms with E-state index in [9.17, 15) is 14.0 Å². The van der Waals surface area contributed by atoms with Gasteiger partial charge in [0.2, 0.25) is 5.56 Å². The second kappa shape index (κ2) is 6.36. The van der Waals surface area contributed by atoms with Crippen LogP contribution in [0.2, 0.25) is 0 Å². The first-order valence-electron chi connectivity index (χ1n) is 7.52. The molecule has 0 unspecified atom stereocenters. The molecule has 0 atom stereocenters. The van der Waals surface area contributed by atoms with Gasteiger partial charge in [-0.2, -0.15) is 0 Å². The highest BCUT2D eigenvalue weighted by molar-refractivity contribution is 5.94. The van der Waals surface area contributed by atoms with Crippen LogP contribution < -0.4 is 10.9 Å². The number of H-pyrrole nitrogens is 1. The van der Waals surface area contributed by atoms with Gasteiger partial charge in [0.1, 0.15) is 5.82 Å². The minimum atomic E-state index is -0.764. The van der Waals surface area contributed by atoms with Crippen LogP contribution in [0.25, 0.3) is 0 Å². The summed E-state index contributed by atoms with van der Waals surface area (Å²) < 4.78 is 13.4. The first-order chi connectivity index (χ1) is 10.7. The fourth-order valence-corrected chi connectivity index (χ4v) is 2.31. The summed E-state index contributed by atoms with van der Waals surface area (Å²) in [5, 5.41) is 2.85. The van der Waals surface area contributed by atoms with Crippen LogP contribution in [-0.2, 0) is 5.54 Å². The molecule has 0 aliphatic carbocycles. The molecule has 2 rings (SSSR count). The van der Waals surface area contributed by atoms with E-state index in [1.807, 2.05) is 13.8 Å². The number of pyridine rings is 1. The van der Waals surface area contributed by atoms with Crippen molar-refractivity contribution in [3.05, 3.63) is 69.4 Å². The fourth-order valence-electron chi connectivity index (χ4n) is 2.31. The maximum Gasteiger partial charge on any atom is 0.252 e. The molecule has 0 fully saturated rings. The first kappa shape index (κ1) is 16.9. The molecule has 5 heteroatoms. The molecule has 1 aromatic heterocycles. The van der Waals surface area contributed by atoms with Gasteiger partial charge in [-0.25, -0.2) is 4.39 Å². The number of nitrogens with one attached hydrogen (secondary N) is 2. The predicted octanol–water partition coefficient (Wildman–Crippen LogP) is 3.30. The van der Waals surface area contributed by atoms with E-state index < -0.39 is 5.54 Å². The number of amides is 1. The molecule has 0 saturated heterocycles. The lowest BCUT2D eigenvalue weighted by Gasteiger charge is -2.27. The molecular weight excluding hydrogens is 295 g/mol. The van der Waals surface area contributed by atoms with Gasteiger partial charge in [-0.1, -0.05) is 26.0 Å². The van der Waals surface area contributed by atoms with Gasteiger partial charge in [-0.05, 0) is 43.5 Å². The molecule has 0 spiro atoms. The summed E-state index contributed by atoms with van der Waals surface area (Å²) in [5.74, 6) is -0.623. The Kier molecular flexibility index (Phi) is 4.68. The van der Waals surface area contributed by atoms with E-state index in [1.54, 1.807) is 32.0 Å². The molecule has 0 bridgehead atoms. The summed E-state index contributed by atoms with van der Waals surface area (Å²) in [7, 11) is 0. The van der Waals surface area contributed by atoms with Gasteiger partial charge >= 0.3 is 0 Å². The van der Waals surface area contributed by atoms with Gasteiger partial charge in [0.15, 0.2) is 0 Å². The average Bonchev–Trinajstić information content (AvgIpc) is 2.46. The van der Waals surface area contributed by atoms with E-state index in [-0.39, 0.29) is 23.2 Å². The van der Waals surface area contributed by atoms with Crippen molar-refractivity contribution in [1.82, 2.24) is 10.3 Å². The van der Waals surface area contributed by atoms with Crippen molar-refractivity contribution in [3.63, 3.8) is 0 Å². The van der Waals surface area contributed by atoms with Crippen molar-refractivity contribution >= 4 is 5.91 Å². The minimum Gasteiger partial charge on any atom is -0.343 e. The topological polar surface area (TPSA) is 62.0 Å². The van der Waals surface area contributed by atoms with Gasteiger partial charge in [0, 0.05) is 17.3 Å². The summed E-state index contributed by atoms with van der Waals surface area (Å²) in [5.41, 5.74) is 0.567. The molecule has 1 amide bonds. The van der Waals surface area contributed by atoms with Gasteiger partial charge in [-0.15, -0.1) is 0 Å². The number of aromatic nitrogens is 1. The van der Waals surface area contributed by atoms with Gasteiger partial charge in [0.05, 0.1) is 5.54 Å². The molecule has 0 aliphatic heterocycles. The second-order valence-corrected chi connectivity index (χ2v) is 6.43. The Labute approximate surface area is 134 Å². The van der Waals surface area contributed by atoms with Crippen molar-refractivity contribution in [3.8, 4) is 0 Å². The van der Waals surface area contributed by atoms with Crippen LogP contribution in [0.4, 0.5) is 4.39 Å². The third kappa shape index (κ3) is 4.06. The summed E-state index contributed by atoms with van der Waals surface area (Å²) in [6.45, 7) is 7.44. The number of aromatic amines is 1. The molecule has 23 heavy (non-hydrogen) atoms. The average molecular weight is 316 g/mol. The Hall–Kier alpha value is -2.43. The van der Waals surface area contributed by atoms with Crippen molar-refractivity contribution in [2.45, 2.75) is 39.2 Å². The van der Waals surface area contributed by atoms with Gasteiger partial charge in [0.25, 0.3) is 5.91 Å². The summed E-state index contributed by atoms with van der Waals surface area (Å²) >= 11 is 0. The number of hydrogen-bond acceptors (Lipinski definition) is 2. The Morgan fingerprint density at radius 1 is 1.22 bits per heavy atom. The molecule has 0 saturated carbocycles. The van der Waals surface area contributed by atoms with E-state index in [0.29, 0.717) is 16.8 Å². The Morgan fingerprint density at radius 3 is 2.52 bits per heavy atom. The van der Waals surface area contributed by atoms with Crippen LogP contribution in [0.1, 0.15) is 55.2 Å². The second-order valence-electron chi connectivity index (χ2n) is 6.43. The van der Waals surface area contributed by atoms with E-state index >= 15 is 0 Å². The molecule has 122 valence electrons. The molecule has 0 radical (unpaired) electrons. The Morgan fingerprint density at radius 2 is 1.91 bits per heavy atom. The number of rotatable bonds is 4. The van der Waals surface area contributed by atoms with Gasteiger partial charge in [-0.3, -0.25) is 9.59 Å². The third-order valence-corrected chi connectivity index (χ3v) is 3.72. The van der Waals surface area contributed by atoms with Crippen molar-refractivity contribution in [1.29, 1.82) is 0 Å². The van der Waals surface area contributed by atoms with Crippen LogP contribution in [0.5, 0.6) is 0 Å². The summed E-state index contributed by atoms with van der Waals surface area (Å²) in [6, 6.07) is 9.03. The molecule has 1 aromatic carbocycles. The fraction of sp³-hybridized carbons (Fsp3) is 0.333. The number of hydrogen-bond donors (Lipinski definition) is 2. The quantitative estimate of drug-likeness (QED) is 0.909. The predicted molar refractivity (Wildman–Crippen MR) is 88.0 cm³/mol. The van der Waals surface area contributed by atoms with E-state index in [4.69, 9.17) is 0 Å². The van der Waals surface area contributed by atoms with Crippen LogP contribution in [0.15, 0.2) is 41.2 Å². The normalized spacial score (nSPS) is 11.6. The van der Waals surface area contributed by atoms with Crippen LogP contribution in [0.3, 0.4) is 0 Å². The minimum absolute atomic E-state index is 0.103. The van der Waals surface area contributed by atoms with Crippen molar-refractivity contribution < 1.29 is 9.18 Å². The first-order valence-corrected chi connectivity index (χ1v) is 7.52. The number of benzene rings is 1. The van der Waals surface area contributed by atoms with Crippen LogP contribution in [0, 0.1) is 5.82 Å². The zero-order valence-electron chi connectivity index (χ0n) is 13.7. The molecule has 2 aromatic rings. The van der Waals surface area contributed by atoms with E-state index in [1.165, 1.54) is 18.2 Å². The monoisotopic (exact) mass is 316 g/mol. The maximum absolute atomic E-state index is 13.4. The molecule has 2 N–H and O–H groups in total. The third-order valence-electron chi connectivity index (χ3n) is 3.72. The summed E-state index contributed by atoms with van der Waals surface area (Å²) in [6.07, 6.45) is 0. The lowest BCUT2D eigenvalue weighted by Crippen LogP contribution is -2.41. The van der Waals surface area contributed by atoms with Crippen LogP contribution >= 0.6 is 0 Å². The number of carbonyl (C=O) groups is 1. The zero-order valence-corrected chi connectivity index (χ0v) is 13.7. The zero-order chi connectivity index (χ0) is 17.2. The molecular formula is C18H21FN2O2. The number of halogens is 1. The van der Waals surface area contributed by atoms with E-state index in [2.05, 4.69) is 10.3 Å². The summed E-state index contributed by atoms with van der Waals surface area (Å²) in [4.78, 5) is 26.9. The Balaban J connectivity index is 2.29. The molecule has 4 nitrogen and oxygen atoms in total. The largest absolute Gasteiger partial charge is 0.343 e. The lowest BCUT2D eigenvalue weighted by atomic mass is 9.93. The highest BCUT2D eigenvalue weighted by atomic mass is 19.1. The standard InChI is InChI=1S/C18H21FN2O2/c1-11(2)15-8-12(9-16(22)20-15)17(23)21-18(3,4)13-6-5-7-14(19)10-13/h5-11H,1-4H3,(H,20,22)(H,21,23). The Bertz CT molecular complexity index is 779. The molecule has 0 aliphatic rings. The van der Waals surface area contributed by atoms with Crippen molar-refractivity contribution in [2.24, 2.45) is 0 Å². The number of carbonyl (C=O) groups excluding carboxylic acids is 1. The van der Waals surface area contributed by atoms with Crippen molar-refractivity contribution in [2.75, 3.05) is 0 Å². The smallest absolute Gasteiger partial charge is 0.252 e. The van der Waals surface area contributed by atoms with E-state index in [0.717, 1.165) is 0 Å². The van der Waals surface area contributed by atoms with Crippen LogP contribution in [-0.4, -0.2) is 10.9 Å². The lowest BCUT2D eigenvalue weighted by molar-refractivity contribution is 0.0911. The molecule has 1 heterocycles. The SMILES string of the molecule is CC(C)c1cc(C(=O)NC(C)(C)c2cccc(F)c2)cc(=O)[nH]1. The van der Waals surface area contributed by atoms with Gasteiger partial charge < -0.3 is 10.3 Å². The highest BCUT2D eigenvalue weighted by Gasteiger charge is 2.24. The highest BCUT2D eigenvalue weighted by Crippen LogP contribution is 2.21. The maximum atomic E-state index is 13.4.